The molecule has 1 aliphatic rings. The standard InChI is InChI=1S/C22H19N3O2S/c1-13(21(24)26)10-25-11-18-17(5-6-19(23)20(18)22(25)27)15-4-2-3-14(9-15)16-7-8-28-12-16/h2-9,12H,1,10-11,23H2,(H2,24,26). The lowest BCUT2D eigenvalue weighted by Gasteiger charge is -2.16. The first-order valence-corrected chi connectivity index (χ1v) is 9.71. The Balaban J connectivity index is 1.75. The van der Waals surface area contributed by atoms with Crippen LogP contribution in [-0.2, 0) is 11.3 Å². The molecule has 4 rings (SSSR count). The van der Waals surface area contributed by atoms with Gasteiger partial charge >= 0.3 is 0 Å². The minimum Gasteiger partial charge on any atom is -0.398 e. The van der Waals surface area contributed by atoms with E-state index in [1.807, 2.05) is 23.6 Å². The van der Waals surface area contributed by atoms with Crippen molar-refractivity contribution in [2.24, 2.45) is 5.73 Å². The van der Waals surface area contributed by atoms with Crippen molar-refractivity contribution in [2.45, 2.75) is 6.54 Å². The zero-order chi connectivity index (χ0) is 19.8. The van der Waals surface area contributed by atoms with E-state index in [1.54, 1.807) is 22.3 Å². The molecule has 4 N–H and O–H groups in total. The number of nitrogen functional groups attached to an aromatic ring is 1. The molecule has 5 nitrogen and oxygen atoms in total. The van der Waals surface area contributed by atoms with E-state index in [0.717, 1.165) is 27.8 Å². The van der Waals surface area contributed by atoms with Gasteiger partial charge in [0.05, 0.1) is 12.1 Å². The molecule has 0 saturated carbocycles. The van der Waals surface area contributed by atoms with E-state index in [2.05, 4.69) is 30.2 Å². The number of anilines is 1. The Hall–Kier alpha value is -3.38. The number of thiophene rings is 1. The first-order chi connectivity index (χ1) is 13.5. The molecule has 1 aromatic heterocycles. The molecule has 1 aliphatic heterocycles. The summed E-state index contributed by atoms with van der Waals surface area (Å²) in [6, 6.07) is 14.0. The summed E-state index contributed by atoms with van der Waals surface area (Å²) in [6.45, 7) is 4.12. The minimum atomic E-state index is -0.611. The summed E-state index contributed by atoms with van der Waals surface area (Å²) in [5.74, 6) is -0.814. The van der Waals surface area contributed by atoms with Crippen molar-refractivity contribution in [2.75, 3.05) is 12.3 Å². The third kappa shape index (κ3) is 3.08. The van der Waals surface area contributed by atoms with Crippen LogP contribution in [0.5, 0.6) is 0 Å². The molecule has 6 heteroatoms. The molecule has 0 atom stereocenters. The number of hydrogen-bond donors (Lipinski definition) is 2. The highest BCUT2D eigenvalue weighted by atomic mass is 32.1. The van der Waals surface area contributed by atoms with Crippen molar-refractivity contribution < 1.29 is 9.59 Å². The summed E-state index contributed by atoms with van der Waals surface area (Å²) < 4.78 is 0. The Morgan fingerprint density at radius 1 is 1.14 bits per heavy atom. The van der Waals surface area contributed by atoms with Gasteiger partial charge in [-0.2, -0.15) is 11.3 Å². The van der Waals surface area contributed by atoms with Crippen molar-refractivity contribution in [3.8, 4) is 22.3 Å². The average molecular weight is 389 g/mol. The van der Waals surface area contributed by atoms with Crippen molar-refractivity contribution >= 4 is 28.8 Å². The smallest absolute Gasteiger partial charge is 0.256 e. The second-order valence-electron chi connectivity index (χ2n) is 6.78. The number of nitrogens with two attached hydrogens (primary N) is 2. The van der Waals surface area contributed by atoms with Crippen LogP contribution in [0, 0.1) is 0 Å². The largest absolute Gasteiger partial charge is 0.398 e. The molecule has 2 amide bonds. The topological polar surface area (TPSA) is 89.4 Å². The van der Waals surface area contributed by atoms with Crippen molar-refractivity contribution in [1.29, 1.82) is 0 Å². The van der Waals surface area contributed by atoms with Gasteiger partial charge in [0.2, 0.25) is 5.91 Å². The first-order valence-electron chi connectivity index (χ1n) is 8.77. The number of carbonyl (C=O) groups is 2. The molecule has 0 bridgehead atoms. The number of amides is 2. The molecule has 0 saturated heterocycles. The minimum absolute atomic E-state index is 0.0939. The molecule has 0 unspecified atom stereocenters. The van der Waals surface area contributed by atoms with E-state index >= 15 is 0 Å². The Labute approximate surface area is 166 Å². The predicted molar refractivity (Wildman–Crippen MR) is 113 cm³/mol. The average Bonchev–Trinajstić information content (AvgIpc) is 3.32. The number of carbonyl (C=O) groups excluding carboxylic acids is 2. The van der Waals surface area contributed by atoms with Crippen LogP contribution < -0.4 is 11.5 Å². The highest BCUT2D eigenvalue weighted by Gasteiger charge is 2.32. The van der Waals surface area contributed by atoms with Gasteiger partial charge in [-0.25, -0.2) is 0 Å². The lowest BCUT2D eigenvalue weighted by atomic mass is 9.94. The maximum atomic E-state index is 12.9. The van der Waals surface area contributed by atoms with Gasteiger partial charge in [0.1, 0.15) is 0 Å². The monoisotopic (exact) mass is 389 g/mol. The summed E-state index contributed by atoms with van der Waals surface area (Å²) in [5, 5.41) is 4.15. The van der Waals surface area contributed by atoms with Crippen LogP contribution in [-0.4, -0.2) is 23.3 Å². The van der Waals surface area contributed by atoms with Crippen molar-refractivity contribution in [3.63, 3.8) is 0 Å². The number of rotatable bonds is 5. The van der Waals surface area contributed by atoms with Crippen LogP contribution in [0.3, 0.4) is 0 Å². The van der Waals surface area contributed by atoms with E-state index in [9.17, 15) is 9.59 Å². The number of benzene rings is 2. The van der Waals surface area contributed by atoms with Gasteiger partial charge in [0, 0.05) is 17.8 Å². The van der Waals surface area contributed by atoms with Gasteiger partial charge in [-0.15, -0.1) is 0 Å². The van der Waals surface area contributed by atoms with E-state index < -0.39 is 5.91 Å². The third-order valence-corrected chi connectivity index (χ3v) is 5.64. The van der Waals surface area contributed by atoms with Gasteiger partial charge in [-0.05, 0) is 56.8 Å². The van der Waals surface area contributed by atoms with Gasteiger partial charge in [-0.1, -0.05) is 30.8 Å². The van der Waals surface area contributed by atoms with E-state index in [1.165, 1.54) is 0 Å². The molecule has 28 heavy (non-hydrogen) atoms. The predicted octanol–water partition coefficient (Wildman–Crippen LogP) is 3.66. The van der Waals surface area contributed by atoms with E-state index in [0.29, 0.717) is 17.8 Å². The second kappa shape index (κ2) is 6.98. The molecule has 2 heterocycles. The molecule has 0 aliphatic carbocycles. The van der Waals surface area contributed by atoms with Crippen LogP contribution in [0.1, 0.15) is 15.9 Å². The zero-order valence-electron chi connectivity index (χ0n) is 15.1. The number of fused-ring (bicyclic) bond motifs is 1. The quantitative estimate of drug-likeness (QED) is 0.515. The summed E-state index contributed by atoms with van der Waals surface area (Å²) in [6.07, 6.45) is 0. The third-order valence-electron chi connectivity index (χ3n) is 4.95. The van der Waals surface area contributed by atoms with Gasteiger partial charge in [0.15, 0.2) is 0 Å². The fraction of sp³-hybridized carbons (Fsp3) is 0.0909. The molecule has 0 radical (unpaired) electrons. The second-order valence-corrected chi connectivity index (χ2v) is 7.56. The fourth-order valence-electron chi connectivity index (χ4n) is 3.50. The molecule has 2 aromatic carbocycles. The molecular weight excluding hydrogens is 370 g/mol. The van der Waals surface area contributed by atoms with Crippen molar-refractivity contribution in [3.05, 3.63) is 76.5 Å². The highest BCUT2D eigenvalue weighted by molar-refractivity contribution is 7.08. The van der Waals surface area contributed by atoms with Crippen molar-refractivity contribution in [1.82, 2.24) is 4.90 Å². The van der Waals surface area contributed by atoms with Gasteiger partial charge < -0.3 is 16.4 Å². The van der Waals surface area contributed by atoms with E-state index in [-0.39, 0.29) is 18.0 Å². The highest BCUT2D eigenvalue weighted by Crippen LogP contribution is 2.37. The Morgan fingerprint density at radius 3 is 2.64 bits per heavy atom. The fourth-order valence-corrected chi connectivity index (χ4v) is 4.17. The summed E-state index contributed by atoms with van der Waals surface area (Å²) in [5.41, 5.74) is 17.6. The van der Waals surface area contributed by atoms with Gasteiger partial charge in [0.25, 0.3) is 5.91 Å². The Morgan fingerprint density at radius 2 is 1.93 bits per heavy atom. The Bertz CT molecular complexity index is 1100. The van der Waals surface area contributed by atoms with Crippen LogP contribution >= 0.6 is 11.3 Å². The summed E-state index contributed by atoms with van der Waals surface area (Å²) in [7, 11) is 0. The zero-order valence-corrected chi connectivity index (χ0v) is 16.0. The summed E-state index contributed by atoms with van der Waals surface area (Å²) >= 11 is 1.65. The van der Waals surface area contributed by atoms with Crippen LogP contribution in [0.4, 0.5) is 5.69 Å². The van der Waals surface area contributed by atoms with Crippen LogP contribution in [0.25, 0.3) is 22.3 Å². The first kappa shape index (κ1) is 18.0. The normalized spacial score (nSPS) is 12.9. The number of hydrogen-bond acceptors (Lipinski definition) is 4. The van der Waals surface area contributed by atoms with Crippen LogP contribution in [0.2, 0.25) is 0 Å². The number of primary amides is 1. The van der Waals surface area contributed by atoms with Gasteiger partial charge in [-0.3, -0.25) is 9.59 Å². The molecule has 0 fully saturated rings. The maximum absolute atomic E-state index is 12.9. The maximum Gasteiger partial charge on any atom is 0.256 e. The van der Waals surface area contributed by atoms with Crippen LogP contribution in [0.15, 0.2) is 65.4 Å². The Kier molecular flexibility index (Phi) is 4.49. The lowest BCUT2D eigenvalue weighted by molar-refractivity contribution is -0.114. The lowest BCUT2D eigenvalue weighted by Crippen LogP contribution is -2.30. The SMILES string of the molecule is C=C(CN1Cc2c(-c3cccc(-c4ccsc4)c3)ccc(N)c2C1=O)C(N)=O. The molecule has 0 spiro atoms. The molecule has 140 valence electrons. The molecule has 3 aromatic rings. The number of nitrogens with zero attached hydrogens (tertiary/aromatic N) is 1. The molecular formula is C22H19N3O2S. The summed E-state index contributed by atoms with van der Waals surface area (Å²) in [4.78, 5) is 25.8. The van der Waals surface area contributed by atoms with E-state index in [4.69, 9.17) is 11.5 Å².